The number of phenolic OH excluding ortho intramolecular Hbond substituents is 2. The summed E-state index contributed by atoms with van der Waals surface area (Å²) < 4.78 is 19.4. The van der Waals surface area contributed by atoms with Gasteiger partial charge in [-0.05, 0) is 52.6 Å². The highest BCUT2D eigenvalue weighted by atomic mass is 35.5. The van der Waals surface area contributed by atoms with Gasteiger partial charge in [0, 0.05) is 17.0 Å². The number of rotatable bonds is 2. The Bertz CT molecular complexity index is 1120. The number of nitriles is 1. The van der Waals surface area contributed by atoms with Crippen LogP contribution in [0, 0.1) is 17.1 Å². The number of halogens is 2. The SMILES string of the molecule is N#Cc1ccoc1C1=C(c2ccc(O)c(F)c2)Cc2c(Cl)cc(O)cc21. The van der Waals surface area contributed by atoms with Crippen LogP contribution in [-0.2, 0) is 6.42 Å². The maximum absolute atomic E-state index is 13.9. The lowest BCUT2D eigenvalue weighted by Crippen LogP contribution is -1.91. The first-order valence-corrected chi connectivity index (χ1v) is 8.09. The van der Waals surface area contributed by atoms with Gasteiger partial charge >= 0.3 is 0 Å². The van der Waals surface area contributed by atoms with E-state index < -0.39 is 11.6 Å². The number of hydrogen-bond donors (Lipinski definition) is 2. The molecular formula is C20H11ClFNO3. The van der Waals surface area contributed by atoms with Gasteiger partial charge < -0.3 is 14.6 Å². The molecular weight excluding hydrogens is 357 g/mol. The van der Waals surface area contributed by atoms with Crippen molar-refractivity contribution in [1.82, 2.24) is 0 Å². The zero-order valence-electron chi connectivity index (χ0n) is 13.3. The molecule has 0 saturated carbocycles. The van der Waals surface area contributed by atoms with E-state index in [0.29, 0.717) is 45.0 Å². The van der Waals surface area contributed by atoms with Crippen molar-refractivity contribution in [1.29, 1.82) is 5.26 Å². The molecule has 0 radical (unpaired) electrons. The molecule has 1 aliphatic rings. The standard InChI is InChI=1S/C20H11ClFNO3/c21-16-7-12(24)6-15-14(16)8-13(10-1-2-18(25)17(22)5-10)19(15)20-11(9-23)3-4-26-20/h1-7,24-25H,8H2. The van der Waals surface area contributed by atoms with Crippen molar-refractivity contribution in [2.45, 2.75) is 6.42 Å². The lowest BCUT2D eigenvalue weighted by Gasteiger charge is -2.08. The van der Waals surface area contributed by atoms with E-state index in [4.69, 9.17) is 16.0 Å². The summed E-state index contributed by atoms with van der Waals surface area (Å²) in [7, 11) is 0. The lowest BCUT2D eigenvalue weighted by atomic mass is 9.96. The van der Waals surface area contributed by atoms with Gasteiger partial charge in [-0.3, -0.25) is 0 Å². The lowest BCUT2D eigenvalue weighted by molar-refractivity contribution is 0.432. The number of nitrogens with zero attached hydrogens (tertiary/aromatic N) is 1. The first-order chi connectivity index (χ1) is 12.5. The van der Waals surface area contributed by atoms with E-state index in [0.717, 1.165) is 5.56 Å². The maximum Gasteiger partial charge on any atom is 0.165 e. The van der Waals surface area contributed by atoms with Crippen molar-refractivity contribution in [3.8, 4) is 17.6 Å². The molecule has 4 rings (SSSR count). The highest BCUT2D eigenvalue weighted by Gasteiger charge is 2.30. The molecule has 3 aromatic rings. The van der Waals surface area contributed by atoms with Crippen molar-refractivity contribution in [3.63, 3.8) is 0 Å². The summed E-state index contributed by atoms with van der Waals surface area (Å²) >= 11 is 6.29. The Morgan fingerprint density at radius 3 is 2.69 bits per heavy atom. The molecule has 1 aromatic heterocycles. The van der Waals surface area contributed by atoms with E-state index in [1.54, 1.807) is 18.2 Å². The maximum atomic E-state index is 13.9. The average Bonchev–Trinajstić information content (AvgIpc) is 3.21. The smallest absolute Gasteiger partial charge is 0.165 e. The van der Waals surface area contributed by atoms with Gasteiger partial charge in [0.05, 0.1) is 11.8 Å². The quantitative estimate of drug-likeness (QED) is 0.677. The molecule has 0 spiro atoms. The number of aromatic hydroxyl groups is 2. The van der Waals surface area contributed by atoms with E-state index in [1.807, 2.05) is 0 Å². The largest absolute Gasteiger partial charge is 0.508 e. The summed E-state index contributed by atoms with van der Waals surface area (Å²) in [5.41, 5.74) is 3.50. The normalized spacial score (nSPS) is 13.0. The summed E-state index contributed by atoms with van der Waals surface area (Å²) in [6, 6.07) is 10.7. The van der Waals surface area contributed by atoms with Gasteiger partial charge in [-0.25, -0.2) is 4.39 Å². The molecule has 26 heavy (non-hydrogen) atoms. The second kappa shape index (κ2) is 5.94. The summed E-state index contributed by atoms with van der Waals surface area (Å²) in [5.74, 6) is -0.886. The van der Waals surface area contributed by atoms with E-state index in [-0.39, 0.29) is 5.75 Å². The fourth-order valence-corrected chi connectivity index (χ4v) is 3.52. The molecule has 0 fully saturated rings. The summed E-state index contributed by atoms with van der Waals surface area (Å²) in [4.78, 5) is 0. The number of furan rings is 1. The van der Waals surface area contributed by atoms with E-state index >= 15 is 0 Å². The van der Waals surface area contributed by atoms with Crippen molar-refractivity contribution < 1.29 is 19.0 Å². The van der Waals surface area contributed by atoms with Gasteiger partial charge in [0.15, 0.2) is 17.3 Å². The second-order valence-corrected chi connectivity index (χ2v) is 6.33. The van der Waals surface area contributed by atoms with Gasteiger partial charge in [0.2, 0.25) is 0 Å². The van der Waals surface area contributed by atoms with E-state index in [1.165, 1.54) is 24.5 Å². The van der Waals surface area contributed by atoms with Crippen LogP contribution in [0.25, 0.3) is 11.1 Å². The third-order valence-electron chi connectivity index (χ3n) is 4.41. The van der Waals surface area contributed by atoms with Crippen LogP contribution in [-0.4, -0.2) is 10.2 Å². The monoisotopic (exact) mass is 367 g/mol. The Morgan fingerprint density at radius 1 is 1.15 bits per heavy atom. The predicted molar refractivity (Wildman–Crippen MR) is 94.2 cm³/mol. The highest BCUT2D eigenvalue weighted by molar-refractivity contribution is 6.32. The molecule has 2 N–H and O–H groups in total. The highest BCUT2D eigenvalue weighted by Crippen LogP contribution is 2.47. The van der Waals surface area contributed by atoms with Gasteiger partial charge in [0.1, 0.15) is 11.8 Å². The number of benzene rings is 2. The molecule has 2 aromatic carbocycles. The molecule has 0 amide bonds. The Hall–Kier alpha value is -3.23. The van der Waals surface area contributed by atoms with Crippen LogP contribution in [0.5, 0.6) is 11.5 Å². The van der Waals surface area contributed by atoms with Gasteiger partial charge in [-0.15, -0.1) is 0 Å². The number of fused-ring (bicyclic) bond motifs is 1. The van der Waals surface area contributed by atoms with Gasteiger partial charge in [0.25, 0.3) is 0 Å². The third-order valence-corrected chi connectivity index (χ3v) is 4.75. The molecule has 1 aliphatic carbocycles. The van der Waals surface area contributed by atoms with Crippen LogP contribution in [0.1, 0.15) is 28.0 Å². The molecule has 4 nitrogen and oxygen atoms in total. The predicted octanol–water partition coefficient (Wildman–Crippen LogP) is 4.87. The Labute approximate surface area is 153 Å². The Morgan fingerprint density at radius 2 is 1.96 bits per heavy atom. The topological polar surface area (TPSA) is 77.4 Å². The molecule has 6 heteroatoms. The minimum Gasteiger partial charge on any atom is -0.508 e. The van der Waals surface area contributed by atoms with Gasteiger partial charge in [-0.1, -0.05) is 17.7 Å². The van der Waals surface area contributed by atoms with Crippen LogP contribution in [0.3, 0.4) is 0 Å². The van der Waals surface area contributed by atoms with Crippen LogP contribution >= 0.6 is 11.6 Å². The molecule has 0 aliphatic heterocycles. The van der Waals surface area contributed by atoms with Crippen LogP contribution in [0.4, 0.5) is 4.39 Å². The average molecular weight is 368 g/mol. The van der Waals surface area contributed by atoms with Crippen LogP contribution in [0.15, 0.2) is 47.1 Å². The number of hydrogen-bond acceptors (Lipinski definition) is 4. The summed E-state index contributed by atoms with van der Waals surface area (Å²) in [5, 5.41) is 29.2. The summed E-state index contributed by atoms with van der Waals surface area (Å²) in [6.07, 6.45) is 1.78. The fraction of sp³-hybridized carbons (Fsp3) is 0.0500. The van der Waals surface area contributed by atoms with Crippen molar-refractivity contribution in [3.05, 3.63) is 81.5 Å². The number of allylic oxidation sites excluding steroid dienone is 1. The Kier molecular flexibility index (Phi) is 3.71. The minimum atomic E-state index is -0.751. The zero-order valence-corrected chi connectivity index (χ0v) is 14.0. The van der Waals surface area contributed by atoms with Crippen LogP contribution < -0.4 is 0 Å². The number of phenols is 2. The minimum absolute atomic E-state index is 0.0190. The molecule has 0 unspecified atom stereocenters. The van der Waals surface area contributed by atoms with Crippen molar-refractivity contribution in [2.75, 3.05) is 0 Å². The molecule has 128 valence electrons. The van der Waals surface area contributed by atoms with E-state index in [2.05, 4.69) is 6.07 Å². The van der Waals surface area contributed by atoms with Crippen molar-refractivity contribution in [2.24, 2.45) is 0 Å². The van der Waals surface area contributed by atoms with Gasteiger partial charge in [-0.2, -0.15) is 5.26 Å². The second-order valence-electron chi connectivity index (χ2n) is 5.93. The first-order valence-electron chi connectivity index (χ1n) is 7.71. The third kappa shape index (κ3) is 2.43. The van der Waals surface area contributed by atoms with Crippen LogP contribution in [0.2, 0.25) is 5.02 Å². The molecule has 0 saturated heterocycles. The van der Waals surface area contributed by atoms with E-state index in [9.17, 15) is 19.9 Å². The summed E-state index contributed by atoms with van der Waals surface area (Å²) in [6.45, 7) is 0. The molecule has 1 heterocycles. The molecule has 0 bridgehead atoms. The Balaban J connectivity index is 2.03. The molecule has 0 atom stereocenters. The first kappa shape index (κ1) is 16.2. The van der Waals surface area contributed by atoms with Crippen molar-refractivity contribution >= 4 is 22.7 Å². The fourth-order valence-electron chi connectivity index (χ4n) is 3.24. The zero-order chi connectivity index (χ0) is 18.4.